The van der Waals surface area contributed by atoms with Gasteiger partial charge < -0.3 is 5.73 Å². The van der Waals surface area contributed by atoms with Crippen molar-refractivity contribution in [2.45, 2.75) is 97.9 Å². The van der Waals surface area contributed by atoms with Crippen LogP contribution >= 0.6 is 0 Å². The first-order valence-corrected chi connectivity index (χ1v) is 7.76. The number of unbranched alkanes of at least 4 members (excludes halogenated alkanes) is 8. The summed E-state index contributed by atoms with van der Waals surface area (Å²) in [5.74, 6) is 0. The summed E-state index contributed by atoms with van der Waals surface area (Å²) in [6, 6.07) is 0.316. The topological polar surface area (TPSA) is 26.0 Å². The van der Waals surface area contributed by atoms with Gasteiger partial charge in [0, 0.05) is 6.04 Å². The highest BCUT2D eigenvalue weighted by Crippen LogP contribution is 2.26. The second-order valence-corrected chi connectivity index (χ2v) is 6.36. The van der Waals surface area contributed by atoms with E-state index in [1.54, 1.807) is 0 Å². The zero-order chi connectivity index (χ0) is 13.1. The zero-order valence-electron chi connectivity index (χ0n) is 12.7. The molecule has 0 rings (SSSR count). The van der Waals surface area contributed by atoms with E-state index in [4.69, 9.17) is 5.73 Å². The van der Waals surface area contributed by atoms with E-state index < -0.39 is 0 Å². The summed E-state index contributed by atoms with van der Waals surface area (Å²) in [6.07, 6.45) is 14.0. The molecule has 0 saturated carbocycles. The lowest BCUT2D eigenvalue weighted by atomic mass is 9.81. The summed E-state index contributed by atoms with van der Waals surface area (Å²) in [4.78, 5) is 0. The molecule has 0 aromatic heterocycles. The molecule has 0 heterocycles. The van der Waals surface area contributed by atoms with Crippen LogP contribution in [0.15, 0.2) is 0 Å². The Balaban J connectivity index is 3.24. The first-order chi connectivity index (χ1) is 8.00. The lowest BCUT2D eigenvalue weighted by Gasteiger charge is -2.28. The Hall–Kier alpha value is -0.0400. The van der Waals surface area contributed by atoms with Crippen LogP contribution in [0.25, 0.3) is 0 Å². The van der Waals surface area contributed by atoms with Gasteiger partial charge in [-0.3, -0.25) is 0 Å². The van der Waals surface area contributed by atoms with Crippen LogP contribution < -0.4 is 5.73 Å². The third kappa shape index (κ3) is 9.64. The molecule has 0 aliphatic carbocycles. The van der Waals surface area contributed by atoms with Gasteiger partial charge >= 0.3 is 0 Å². The third-order valence-electron chi connectivity index (χ3n) is 4.16. The van der Waals surface area contributed by atoms with E-state index in [-0.39, 0.29) is 0 Å². The molecule has 1 atom stereocenters. The molecule has 0 aliphatic heterocycles. The van der Waals surface area contributed by atoms with Crippen molar-refractivity contribution in [3.63, 3.8) is 0 Å². The van der Waals surface area contributed by atoms with Crippen molar-refractivity contribution in [1.29, 1.82) is 0 Å². The highest BCUT2D eigenvalue weighted by atomic mass is 14.7. The Morgan fingerprint density at radius 2 is 1.24 bits per heavy atom. The molecular formula is C16H35N. The van der Waals surface area contributed by atoms with E-state index in [1.807, 2.05) is 0 Å². The molecule has 0 aromatic rings. The van der Waals surface area contributed by atoms with Gasteiger partial charge in [0.2, 0.25) is 0 Å². The fraction of sp³-hybridized carbons (Fsp3) is 1.00. The van der Waals surface area contributed by atoms with Gasteiger partial charge in [-0.25, -0.2) is 0 Å². The van der Waals surface area contributed by atoms with Crippen LogP contribution in [0.2, 0.25) is 0 Å². The second-order valence-electron chi connectivity index (χ2n) is 6.36. The predicted octanol–water partition coefficient (Wildman–Crippen LogP) is 5.28. The normalized spacial score (nSPS) is 13.9. The average Bonchev–Trinajstić information content (AvgIpc) is 2.26. The van der Waals surface area contributed by atoms with Crippen LogP contribution in [0, 0.1) is 5.41 Å². The second kappa shape index (κ2) is 9.94. The minimum absolute atomic E-state index is 0.316. The van der Waals surface area contributed by atoms with Crippen LogP contribution in [0.3, 0.4) is 0 Å². The van der Waals surface area contributed by atoms with Crippen molar-refractivity contribution in [3.05, 3.63) is 0 Å². The zero-order valence-corrected chi connectivity index (χ0v) is 12.7. The smallest absolute Gasteiger partial charge is 0.00617 e. The molecule has 1 heteroatoms. The summed E-state index contributed by atoms with van der Waals surface area (Å²) >= 11 is 0. The van der Waals surface area contributed by atoms with Gasteiger partial charge in [-0.15, -0.1) is 0 Å². The molecule has 1 unspecified atom stereocenters. The van der Waals surface area contributed by atoms with E-state index in [0.29, 0.717) is 11.5 Å². The van der Waals surface area contributed by atoms with Crippen LogP contribution in [-0.2, 0) is 0 Å². The highest BCUT2D eigenvalue weighted by Gasteiger charge is 2.21. The van der Waals surface area contributed by atoms with E-state index in [0.717, 1.165) is 0 Å². The average molecular weight is 241 g/mol. The molecule has 0 spiro atoms. The molecule has 0 aromatic carbocycles. The molecule has 2 N–H and O–H groups in total. The standard InChI is InChI=1S/C16H35N/c1-5-6-7-8-9-10-11-12-13-14-16(3,4)15(2)17/h15H,5-14,17H2,1-4H3. The minimum atomic E-state index is 0.316. The molecule has 0 aliphatic rings. The van der Waals surface area contributed by atoms with Gasteiger partial charge in [0.1, 0.15) is 0 Å². The molecule has 0 saturated heterocycles. The van der Waals surface area contributed by atoms with Gasteiger partial charge in [0.05, 0.1) is 0 Å². The van der Waals surface area contributed by atoms with Crippen molar-refractivity contribution >= 4 is 0 Å². The molecule has 0 radical (unpaired) electrons. The van der Waals surface area contributed by atoms with Crippen molar-refractivity contribution in [2.75, 3.05) is 0 Å². The number of rotatable bonds is 11. The van der Waals surface area contributed by atoms with Crippen LogP contribution in [0.4, 0.5) is 0 Å². The molecule has 0 fully saturated rings. The van der Waals surface area contributed by atoms with Crippen molar-refractivity contribution < 1.29 is 0 Å². The Labute approximate surface area is 110 Å². The van der Waals surface area contributed by atoms with Gasteiger partial charge in [0.25, 0.3) is 0 Å². The first kappa shape index (κ1) is 17.0. The van der Waals surface area contributed by atoms with E-state index >= 15 is 0 Å². The fourth-order valence-electron chi connectivity index (χ4n) is 2.12. The maximum Gasteiger partial charge on any atom is 0.00617 e. The maximum atomic E-state index is 5.98. The lowest BCUT2D eigenvalue weighted by molar-refractivity contribution is 0.266. The van der Waals surface area contributed by atoms with E-state index in [2.05, 4.69) is 27.7 Å². The third-order valence-corrected chi connectivity index (χ3v) is 4.16. The van der Waals surface area contributed by atoms with Gasteiger partial charge in [-0.2, -0.15) is 0 Å². The Kier molecular flexibility index (Phi) is 9.91. The fourth-order valence-corrected chi connectivity index (χ4v) is 2.12. The van der Waals surface area contributed by atoms with Gasteiger partial charge in [-0.1, -0.05) is 78.6 Å². The Bertz CT molecular complexity index is 161. The summed E-state index contributed by atoms with van der Waals surface area (Å²) in [5.41, 5.74) is 6.30. The Morgan fingerprint density at radius 3 is 1.65 bits per heavy atom. The largest absolute Gasteiger partial charge is 0.327 e. The number of hydrogen-bond acceptors (Lipinski definition) is 1. The monoisotopic (exact) mass is 241 g/mol. The van der Waals surface area contributed by atoms with E-state index in [9.17, 15) is 0 Å². The van der Waals surface area contributed by atoms with Crippen LogP contribution in [-0.4, -0.2) is 6.04 Å². The molecule has 104 valence electrons. The molecular weight excluding hydrogens is 206 g/mol. The first-order valence-electron chi connectivity index (χ1n) is 7.76. The lowest BCUT2D eigenvalue weighted by Crippen LogP contribution is -2.34. The number of hydrogen-bond donors (Lipinski definition) is 1. The van der Waals surface area contributed by atoms with Gasteiger partial charge in [-0.05, 0) is 18.8 Å². The van der Waals surface area contributed by atoms with Crippen LogP contribution in [0.1, 0.15) is 91.9 Å². The predicted molar refractivity (Wildman–Crippen MR) is 79.3 cm³/mol. The summed E-state index contributed by atoms with van der Waals surface area (Å²) in [6.45, 7) is 9.00. The van der Waals surface area contributed by atoms with Crippen molar-refractivity contribution in [1.82, 2.24) is 0 Å². The quantitative estimate of drug-likeness (QED) is 0.489. The Morgan fingerprint density at radius 1 is 0.824 bits per heavy atom. The molecule has 1 nitrogen and oxygen atoms in total. The minimum Gasteiger partial charge on any atom is -0.327 e. The highest BCUT2D eigenvalue weighted by molar-refractivity contribution is 4.77. The summed E-state index contributed by atoms with van der Waals surface area (Å²) in [5, 5.41) is 0. The van der Waals surface area contributed by atoms with E-state index in [1.165, 1.54) is 64.2 Å². The molecule has 0 bridgehead atoms. The SMILES string of the molecule is CCCCCCCCCCCC(C)(C)C(C)N. The van der Waals surface area contributed by atoms with Crippen LogP contribution in [0.5, 0.6) is 0 Å². The molecule has 17 heavy (non-hydrogen) atoms. The van der Waals surface area contributed by atoms with Crippen molar-refractivity contribution in [2.24, 2.45) is 11.1 Å². The number of nitrogens with two attached hydrogens (primary N) is 1. The summed E-state index contributed by atoms with van der Waals surface area (Å²) in [7, 11) is 0. The summed E-state index contributed by atoms with van der Waals surface area (Å²) < 4.78 is 0. The molecule has 0 amide bonds. The van der Waals surface area contributed by atoms with Crippen molar-refractivity contribution in [3.8, 4) is 0 Å². The van der Waals surface area contributed by atoms with Gasteiger partial charge in [0.15, 0.2) is 0 Å². The maximum absolute atomic E-state index is 5.98.